The Labute approximate surface area is 95.1 Å². The van der Waals surface area contributed by atoms with E-state index in [4.69, 9.17) is 9.84 Å². The smallest absolute Gasteiger partial charge is 0.416 e. The van der Waals surface area contributed by atoms with E-state index in [1.54, 1.807) is 0 Å². The molecule has 0 saturated carbocycles. The molecule has 0 aliphatic rings. The fraction of sp³-hybridized carbons (Fsp3) is 0.182. The molecule has 0 bridgehead atoms. The van der Waals surface area contributed by atoms with Crippen LogP contribution in [0.4, 0.5) is 13.2 Å². The minimum Gasteiger partial charge on any atom is -0.496 e. The Balaban J connectivity index is 3.35. The van der Waals surface area contributed by atoms with Gasteiger partial charge in [-0.25, -0.2) is 4.79 Å². The molecule has 1 rings (SSSR count). The van der Waals surface area contributed by atoms with E-state index in [1.165, 1.54) is 7.11 Å². The van der Waals surface area contributed by atoms with Crippen LogP contribution in [0.1, 0.15) is 11.1 Å². The van der Waals surface area contributed by atoms with Gasteiger partial charge < -0.3 is 9.84 Å². The van der Waals surface area contributed by atoms with Gasteiger partial charge in [0.1, 0.15) is 5.75 Å². The van der Waals surface area contributed by atoms with Gasteiger partial charge in [-0.1, -0.05) is 6.58 Å². The predicted octanol–water partition coefficient (Wildman–Crippen LogP) is 2.81. The standard InChI is InChI=1S/C11H9F3O3/c1-6(10(15)16)8-5-7(11(12,13)14)3-4-9(8)17-2/h3-5H,1H2,2H3,(H,15,16). The van der Waals surface area contributed by atoms with Crippen LogP contribution in [-0.2, 0) is 11.0 Å². The second-order valence-corrected chi connectivity index (χ2v) is 3.20. The van der Waals surface area contributed by atoms with Crippen molar-refractivity contribution >= 4 is 11.5 Å². The third-order valence-corrected chi connectivity index (χ3v) is 2.11. The lowest BCUT2D eigenvalue weighted by molar-refractivity contribution is -0.137. The topological polar surface area (TPSA) is 46.5 Å². The van der Waals surface area contributed by atoms with Crippen molar-refractivity contribution < 1.29 is 27.8 Å². The molecule has 0 amide bonds. The van der Waals surface area contributed by atoms with Gasteiger partial charge in [0.05, 0.1) is 18.2 Å². The van der Waals surface area contributed by atoms with Crippen LogP contribution in [0.5, 0.6) is 5.75 Å². The van der Waals surface area contributed by atoms with Crippen LogP contribution in [0.15, 0.2) is 24.8 Å². The molecule has 0 radical (unpaired) electrons. The average Bonchev–Trinajstić information content (AvgIpc) is 2.25. The minimum atomic E-state index is -4.54. The normalized spacial score (nSPS) is 11.1. The van der Waals surface area contributed by atoms with Crippen molar-refractivity contribution in [3.63, 3.8) is 0 Å². The highest BCUT2D eigenvalue weighted by Crippen LogP contribution is 2.34. The molecular formula is C11H9F3O3. The lowest BCUT2D eigenvalue weighted by Gasteiger charge is -2.12. The summed E-state index contributed by atoms with van der Waals surface area (Å²) in [6.45, 7) is 3.21. The van der Waals surface area contributed by atoms with Gasteiger partial charge in [-0.3, -0.25) is 0 Å². The zero-order valence-corrected chi connectivity index (χ0v) is 8.84. The second-order valence-electron chi connectivity index (χ2n) is 3.20. The largest absolute Gasteiger partial charge is 0.496 e. The first-order chi connectivity index (χ1) is 7.77. The van der Waals surface area contributed by atoms with E-state index < -0.39 is 23.3 Å². The molecule has 3 nitrogen and oxygen atoms in total. The third-order valence-electron chi connectivity index (χ3n) is 2.11. The van der Waals surface area contributed by atoms with Gasteiger partial charge in [-0.2, -0.15) is 13.2 Å². The van der Waals surface area contributed by atoms with Crippen molar-refractivity contribution in [1.82, 2.24) is 0 Å². The summed E-state index contributed by atoms with van der Waals surface area (Å²) in [6.07, 6.45) is -4.54. The number of hydrogen-bond acceptors (Lipinski definition) is 2. The Hall–Kier alpha value is -1.98. The number of halogens is 3. The Morgan fingerprint density at radius 1 is 1.41 bits per heavy atom. The van der Waals surface area contributed by atoms with Gasteiger partial charge in [-0.15, -0.1) is 0 Å². The van der Waals surface area contributed by atoms with Gasteiger partial charge in [0.25, 0.3) is 0 Å². The molecule has 6 heteroatoms. The molecule has 0 unspecified atom stereocenters. The number of benzene rings is 1. The Kier molecular flexibility index (Phi) is 3.45. The maximum Gasteiger partial charge on any atom is 0.416 e. The minimum absolute atomic E-state index is 0.0328. The van der Waals surface area contributed by atoms with E-state index in [0.717, 1.165) is 12.1 Å². The van der Waals surface area contributed by atoms with E-state index in [2.05, 4.69) is 6.58 Å². The van der Waals surface area contributed by atoms with Crippen molar-refractivity contribution in [2.24, 2.45) is 0 Å². The summed E-state index contributed by atoms with van der Waals surface area (Å²) >= 11 is 0. The van der Waals surface area contributed by atoms with Crippen LogP contribution in [0.3, 0.4) is 0 Å². The summed E-state index contributed by atoms with van der Waals surface area (Å²) in [4.78, 5) is 10.7. The van der Waals surface area contributed by atoms with E-state index >= 15 is 0 Å². The van der Waals surface area contributed by atoms with E-state index in [1.807, 2.05) is 0 Å². The number of carbonyl (C=O) groups is 1. The van der Waals surface area contributed by atoms with Crippen molar-refractivity contribution in [2.45, 2.75) is 6.18 Å². The number of methoxy groups -OCH3 is 1. The maximum atomic E-state index is 12.5. The van der Waals surface area contributed by atoms with Gasteiger partial charge in [0.2, 0.25) is 0 Å². The maximum absolute atomic E-state index is 12.5. The fourth-order valence-electron chi connectivity index (χ4n) is 1.24. The number of aliphatic carboxylic acids is 1. The third kappa shape index (κ3) is 2.77. The van der Waals surface area contributed by atoms with Gasteiger partial charge in [0, 0.05) is 5.56 Å². The van der Waals surface area contributed by atoms with Crippen molar-refractivity contribution in [1.29, 1.82) is 0 Å². The summed E-state index contributed by atoms with van der Waals surface area (Å²) in [5, 5.41) is 8.71. The first-order valence-electron chi connectivity index (χ1n) is 4.45. The number of alkyl halides is 3. The predicted molar refractivity (Wildman–Crippen MR) is 54.7 cm³/mol. The lowest BCUT2D eigenvalue weighted by Crippen LogP contribution is -2.07. The van der Waals surface area contributed by atoms with Crippen LogP contribution < -0.4 is 4.74 Å². The van der Waals surface area contributed by atoms with Crippen LogP contribution in [0.2, 0.25) is 0 Å². The van der Waals surface area contributed by atoms with E-state index in [0.29, 0.717) is 6.07 Å². The van der Waals surface area contributed by atoms with E-state index in [9.17, 15) is 18.0 Å². The Morgan fingerprint density at radius 2 is 2.00 bits per heavy atom. The quantitative estimate of drug-likeness (QED) is 0.834. The van der Waals surface area contributed by atoms with Crippen LogP contribution >= 0.6 is 0 Å². The molecule has 0 aromatic heterocycles. The monoisotopic (exact) mass is 246 g/mol. The zero-order valence-electron chi connectivity index (χ0n) is 8.84. The highest BCUT2D eigenvalue weighted by molar-refractivity contribution is 6.15. The lowest BCUT2D eigenvalue weighted by atomic mass is 10.0. The molecule has 17 heavy (non-hydrogen) atoms. The molecule has 0 fully saturated rings. The molecule has 1 aromatic carbocycles. The molecule has 1 N–H and O–H groups in total. The van der Waals surface area contributed by atoms with Crippen LogP contribution in [0.25, 0.3) is 5.57 Å². The van der Waals surface area contributed by atoms with Crippen molar-refractivity contribution in [2.75, 3.05) is 7.11 Å². The molecular weight excluding hydrogens is 237 g/mol. The number of ether oxygens (including phenoxy) is 1. The fourth-order valence-corrected chi connectivity index (χ4v) is 1.24. The Morgan fingerprint density at radius 3 is 2.41 bits per heavy atom. The SMILES string of the molecule is C=C(C(=O)O)c1cc(C(F)(F)F)ccc1OC. The second kappa shape index (κ2) is 4.48. The first kappa shape index (κ1) is 13.1. The number of hydrogen-bond donors (Lipinski definition) is 1. The highest BCUT2D eigenvalue weighted by Gasteiger charge is 2.31. The highest BCUT2D eigenvalue weighted by atomic mass is 19.4. The van der Waals surface area contributed by atoms with Crippen molar-refractivity contribution in [3.05, 3.63) is 35.9 Å². The molecule has 1 aromatic rings. The van der Waals surface area contributed by atoms with Gasteiger partial charge in [-0.05, 0) is 18.2 Å². The first-order valence-corrected chi connectivity index (χ1v) is 4.45. The number of carboxylic acid groups (broad SMARTS) is 1. The summed E-state index contributed by atoms with van der Waals surface area (Å²) in [6, 6.07) is 2.58. The molecule has 0 aliphatic heterocycles. The van der Waals surface area contributed by atoms with E-state index in [-0.39, 0.29) is 11.3 Å². The summed E-state index contributed by atoms with van der Waals surface area (Å²) in [5.74, 6) is -1.37. The molecule has 0 saturated heterocycles. The summed E-state index contributed by atoms with van der Waals surface area (Å²) in [5.41, 5.74) is -1.58. The zero-order chi connectivity index (χ0) is 13.2. The summed E-state index contributed by atoms with van der Waals surface area (Å²) < 4.78 is 42.1. The summed E-state index contributed by atoms with van der Waals surface area (Å²) in [7, 11) is 1.24. The van der Waals surface area contributed by atoms with Crippen molar-refractivity contribution in [3.8, 4) is 5.75 Å². The molecule has 0 spiro atoms. The average molecular weight is 246 g/mol. The van der Waals surface area contributed by atoms with Crippen LogP contribution in [0, 0.1) is 0 Å². The number of rotatable bonds is 3. The van der Waals surface area contributed by atoms with Gasteiger partial charge >= 0.3 is 12.1 Å². The molecule has 92 valence electrons. The number of carboxylic acids is 1. The molecule has 0 atom stereocenters. The van der Waals surface area contributed by atoms with Crippen LogP contribution in [-0.4, -0.2) is 18.2 Å². The Bertz CT molecular complexity index is 464. The molecule has 0 heterocycles. The molecule has 0 aliphatic carbocycles. The van der Waals surface area contributed by atoms with Gasteiger partial charge in [0.15, 0.2) is 0 Å².